The number of aryl methyl sites for hydroxylation is 2. The van der Waals surface area contributed by atoms with Gasteiger partial charge in [-0.1, -0.05) is 17.7 Å². The number of anilines is 3. The second-order valence-corrected chi connectivity index (χ2v) is 7.62. The number of nitrogens with one attached hydrogen (secondary N) is 3. The highest BCUT2D eigenvalue weighted by atomic mass is 35.5. The van der Waals surface area contributed by atoms with Gasteiger partial charge in [0.15, 0.2) is 0 Å². The Balaban J connectivity index is 2.05. The first-order valence-electron chi connectivity index (χ1n) is 7.06. The molecule has 0 unspecified atom stereocenters. The van der Waals surface area contributed by atoms with Crippen LogP contribution in [0.3, 0.4) is 0 Å². The van der Waals surface area contributed by atoms with Crippen LogP contribution in [0.15, 0.2) is 36.4 Å². The summed E-state index contributed by atoms with van der Waals surface area (Å²) in [4.78, 5) is 12.1. The predicted octanol–water partition coefficient (Wildman–Crippen LogP) is 3.97. The molecule has 0 aromatic heterocycles. The number of sulfonamides is 1. The molecule has 0 aliphatic heterocycles. The smallest absolute Gasteiger partial charge is 0.308 e. The second kappa shape index (κ2) is 7.11. The van der Waals surface area contributed by atoms with E-state index in [4.69, 9.17) is 11.6 Å². The van der Waals surface area contributed by atoms with Crippen molar-refractivity contribution in [3.8, 4) is 0 Å². The minimum absolute atomic E-state index is 0.417. The lowest BCUT2D eigenvalue weighted by atomic mass is 10.1. The van der Waals surface area contributed by atoms with E-state index in [1.54, 1.807) is 30.3 Å². The van der Waals surface area contributed by atoms with E-state index in [0.29, 0.717) is 22.1 Å². The van der Waals surface area contributed by atoms with Crippen molar-refractivity contribution in [2.75, 3.05) is 21.6 Å². The van der Waals surface area contributed by atoms with Crippen LogP contribution in [0.25, 0.3) is 0 Å². The first kappa shape index (κ1) is 18.1. The number of halogens is 1. The van der Waals surface area contributed by atoms with E-state index in [-0.39, 0.29) is 0 Å². The standard InChI is InChI=1S/C16H18ClN3O3S/c1-10-8-11(2)15(14(17)9-10)19-16(21)18-12-4-6-13(7-5-12)20-24(3,22)23/h4-9,20H,1-3H3,(H2,18,19,21). The number of hydrogen-bond donors (Lipinski definition) is 3. The van der Waals surface area contributed by atoms with Gasteiger partial charge >= 0.3 is 6.03 Å². The molecule has 128 valence electrons. The van der Waals surface area contributed by atoms with E-state index in [1.165, 1.54) is 0 Å². The van der Waals surface area contributed by atoms with Crippen molar-refractivity contribution >= 4 is 44.7 Å². The summed E-state index contributed by atoms with van der Waals surface area (Å²) in [5, 5.41) is 5.85. The van der Waals surface area contributed by atoms with Gasteiger partial charge in [-0.15, -0.1) is 0 Å². The van der Waals surface area contributed by atoms with Gasteiger partial charge in [0, 0.05) is 11.4 Å². The molecule has 2 amide bonds. The summed E-state index contributed by atoms with van der Waals surface area (Å²) in [5.41, 5.74) is 3.36. The third kappa shape index (κ3) is 5.14. The first-order valence-corrected chi connectivity index (χ1v) is 9.33. The van der Waals surface area contributed by atoms with E-state index in [1.807, 2.05) is 19.9 Å². The monoisotopic (exact) mass is 367 g/mol. The van der Waals surface area contributed by atoms with Gasteiger partial charge in [0.25, 0.3) is 0 Å². The van der Waals surface area contributed by atoms with Gasteiger partial charge in [-0.2, -0.15) is 0 Å². The van der Waals surface area contributed by atoms with Gasteiger partial charge in [0.2, 0.25) is 10.0 Å². The number of amides is 2. The minimum atomic E-state index is -3.33. The summed E-state index contributed by atoms with van der Waals surface area (Å²) in [7, 11) is -3.33. The minimum Gasteiger partial charge on any atom is -0.308 e. The van der Waals surface area contributed by atoms with Crippen LogP contribution >= 0.6 is 11.6 Å². The van der Waals surface area contributed by atoms with Gasteiger partial charge in [-0.25, -0.2) is 13.2 Å². The Morgan fingerprint density at radius 2 is 1.58 bits per heavy atom. The van der Waals surface area contributed by atoms with Gasteiger partial charge in [-0.05, 0) is 55.3 Å². The molecule has 6 nitrogen and oxygen atoms in total. The maximum atomic E-state index is 12.1. The zero-order valence-corrected chi connectivity index (χ0v) is 15.0. The summed E-state index contributed by atoms with van der Waals surface area (Å²) in [6, 6.07) is 9.56. The Kier molecular flexibility index (Phi) is 5.36. The fraction of sp³-hybridized carbons (Fsp3) is 0.188. The second-order valence-electron chi connectivity index (χ2n) is 5.47. The van der Waals surface area contributed by atoms with Crippen molar-refractivity contribution in [1.82, 2.24) is 0 Å². The average Bonchev–Trinajstić information content (AvgIpc) is 2.43. The van der Waals surface area contributed by atoms with Crippen molar-refractivity contribution in [2.24, 2.45) is 0 Å². The molecule has 0 bridgehead atoms. The quantitative estimate of drug-likeness (QED) is 0.764. The predicted molar refractivity (Wildman–Crippen MR) is 98.5 cm³/mol. The summed E-state index contributed by atoms with van der Waals surface area (Å²) in [6.45, 7) is 3.79. The fourth-order valence-corrected chi connectivity index (χ4v) is 3.12. The lowest BCUT2D eigenvalue weighted by molar-refractivity contribution is 0.262. The maximum Gasteiger partial charge on any atom is 0.323 e. The SMILES string of the molecule is Cc1cc(C)c(NC(=O)Nc2ccc(NS(C)(=O)=O)cc2)c(Cl)c1. The number of benzene rings is 2. The van der Waals surface area contributed by atoms with Crippen molar-refractivity contribution in [2.45, 2.75) is 13.8 Å². The zero-order chi connectivity index (χ0) is 17.9. The highest BCUT2D eigenvalue weighted by molar-refractivity contribution is 7.92. The van der Waals surface area contributed by atoms with Crippen molar-refractivity contribution in [3.63, 3.8) is 0 Å². The highest BCUT2D eigenvalue weighted by Gasteiger charge is 2.10. The number of hydrogen-bond acceptors (Lipinski definition) is 3. The number of carbonyl (C=O) groups is 1. The molecule has 0 heterocycles. The Bertz CT molecular complexity index is 842. The van der Waals surface area contributed by atoms with E-state index < -0.39 is 16.1 Å². The fourth-order valence-electron chi connectivity index (χ4n) is 2.19. The number of urea groups is 1. The van der Waals surface area contributed by atoms with Gasteiger partial charge in [0.05, 0.1) is 17.0 Å². The van der Waals surface area contributed by atoms with E-state index in [2.05, 4.69) is 15.4 Å². The zero-order valence-electron chi connectivity index (χ0n) is 13.5. The van der Waals surface area contributed by atoms with Crippen LogP contribution in [0, 0.1) is 13.8 Å². The van der Waals surface area contributed by atoms with Crippen molar-refractivity contribution in [3.05, 3.63) is 52.5 Å². The molecule has 0 fully saturated rings. The van der Waals surface area contributed by atoms with Crippen molar-refractivity contribution in [1.29, 1.82) is 0 Å². The highest BCUT2D eigenvalue weighted by Crippen LogP contribution is 2.27. The van der Waals surface area contributed by atoms with Crippen LogP contribution in [0.1, 0.15) is 11.1 Å². The summed E-state index contributed by atoms with van der Waals surface area (Å²) in [5.74, 6) is 0. The van der Waals surface area contributed by atoms with Gasteiger partial charge < -0.3 is 10.6 Å². The molecule has 0 radical (unpaired) electrons. The molecule has 0 saturated carbocycles. The Morgan fingerprint density at radius 3 is 2.12 bits per heavy atom. The Hall–Kier alpha value is -2.25. The molecule has 0 aliphatic rings. The molecule has 0 atom stereocenters. The van der Waals surface area contributed by atoms with Gasteiger partial charge in [0.1, 0.15) is 0 Å². The normalized spacial score (nSPS) is 11.0. The molecule has 2 rings (SSSR count). The summed E-state index contributed by atoms with van der Waals surface area (Å²) >= 11 is 6.16. The molecule has 0 spiro atoms. The lowest BCUT2D eigenvalue weighted by Crippen LogP contribution is -2.20. The molecule has 3 N–H and O–H groups in total. The molecule has 8 heteroatoms. The van der Waals surface area contributed by atoms with Crippen LogP contribution in [-0.4, -0.2) is 20.7 Å². The van der Waals surface area contributed by atoms with Crippen LogP contribution in [0.2, 0.25) is 5.02 Å². The third-order valence-electron chi connectivity index (χ3n) is 3.12. The summed E-state index contributed by atoms with van der Waals surface area (Å²) < 4.78 is 24.7. The molecule has 2 aromatic carbocycles. The third-order valence-corrected chi connectivity index (χ3v) is 4.02. The molecule has 24 heavy (non-hydrogen) atoms. The van der Waals surface area contributed by atoms with Crippen LogP contribution in [-0.2, 0) is 10.0 Å². The molecule has 0 saturated heterocycles. The molecular weight excluding hydrogens is 350 g/mol. The van der Waals surface area contributed by atoms with Crippen LogP contribution < -0.4 is 15.4 Å². The number of carbonyl (C=O) groups excluding carboxylic acids is 1. The van der Waals surface area contributed by atoms with E-state index >= 15 is 0 Å². The topological polar surface area (TPSA) is 87.3 Å². The lowest BCUT2D eigenvalue weighted by Gasteiger charge is -2.13. The largest absolute Gasteiger partial charge is 0.323 e. The average molecular weight is 368 g/mol. The summed E-state index contributed by atoms with van der Waals surface area (Å²) in [6.07, 6.45) is 1.07. The van der Waals surface area contributed by atoms with Crippen LogP contribution in [0.4, 0.5) is 21.9 Å². The number of rotatable bonds is 4. The van der Waals surface area contributed by atoms with E-state index in [9.17, 15) is 13.2 Å². The maximum absolute atomic E-state index is 12.1. The molecule has 2 aromatic rings. The van der Waals surface area contributed by atoms with E-state index in [0.717, 1.165) is 17.4 Å². The Morgan fingerprint density at radius 1 is 1.00 bits per heavy atom. The van der Waals surface area contributed by atoms with Gasteiger partial charge in [-0.3, -0.25) is 4.72 Å². The first-order chi connectivity index (χ1) is 11.1. The Labute approximate surface area is 146 Å². The molecule has 0 aliphatic carbocycles. The molecular formula is C16H18ClN3O3S. The van der Waals surface area contributed by atoms with Crippen molar-refractivity contribution < 1.29 is 13.2 Å². The van der Waals surface area contributed by atoms with Crippen LogP contribution in [0.5, 0.6) is 0 Å².